The van der Waals surface area contributed by atoms with Gasteiger partial charge in [0.25, 0.3) is 0 Å². The molecule has 5 nitrogen and oxygen atoms in total. The maximum atomic E-state index is 6.41. The van der Waals surface area contributed by atoms with Gasteiger partial charge in [0.1, 0.15) is 5.75 Å². The molecule has 1 saturated carbocycles. The van der Waals surface area contributed by atoms with Crippen LogP contribution in [-0.2, 0) is 4.74 Å². The lowest BCUT2D eigenvalue weighted by molar-refractivity contribution is 0.00615. The molecular weight excluding hydrogens is 340 g/mol. The molecule has 1 fully saturated rings. The molecule has 4 rings (SSSR count). The minimum Gasteiger partial charge on any atom is -0.497 e. The molecule has 1 N–H and O–H groups in total. The molecule has 2 aromatic heterocycles. The van der Waals surface area contributed by atoms with Gasteiger partial charge in [0, 0.05) is 22.9 Å². The lowest BCUT2D eigenvalue weighted by Crippen LogP contribution is -2.20. The van der Waals surface area contributed by atoms with Crippen molar-refractivity contribution < 1.29 is 13.9 Å². The molecule has 5 heteroatoms. The molecule has 0 saturated heterocycles. The normalized spacial score (nSPS) is 15.6. The third-order valence-electron chi connectivity index (χ3n) is 4.94. The molecule has 0 spiro atoms. The zero-order valence-corrected chi connectivity index (χ0v) is 15.4. The Balaban J connectivity index is 1.57. The van der Waals surface area contributed by atoms with Crippen LogP contribution in [0, 0.1) is 0 Å². The Bertz CT molecular complexity index is 840. The van der Waals surface area contributed by atoms with Gasteiger partial charge in [-0.2, -0.15) is 0 Å². The molecule has 1 aliphatic rings. The summed E-state index contributed by atoms with van der Waals surface area (Å²) in [5.74, 6) is 0.835. The summed E-state index contributed by atoms with van der Waals surface area (Å²) in [6.45, 7) is 0. The van der Waals surface area contributed by atoms with Crippen LogP contribution in [0.5, 0.6) is 5.75 Å². The van der Waals surface area contributed by atoms with Gasteiger partial charge < -0.3 is 19.2 Å². The Morgan fingerprint density at radius 2 is 1.89 bits per heavy atom. The number of benzene rings is 1. The van der Waals surface area contributed by atoms with E-state index in [9.17, 15) is 0 Å². The van der Waals surface area contributed by atoms with Gasteiger partial charge in [-0.25, -0.2) is 0 Å². The summed E-state index contributed by atoms with van der Waals surface area (Å²) in [7, 11) is 1.67. The van der Waals surface area contributed by atoms with Gasteiger partial charge in [0.2, 0.25) is 0 Å². The number of hydrogen-bond acceptors (Lipinski definition) is 5. The summed E-state index contributed by atoms with van der Waals surface area (Å²) in [6.07, 6.45) is 11.8. The quantitative estimate of drug-likeness (QED) is 0.567. The zero-order chi connectivity index (χ0) is 18.5. The van der Waals surface area contributed by atoms with E-state index in [-0.39, 0.29) is 12.3 Å². The van der Waals surface area contributed by atoms with Crippen LogP contribution >= 0.6 is 0 Å². The van der Waals surface area contributed by atoms with Crippen LogP contribution in [0.4, 0.5) is 5.69 Å². The molecular formula is C22H24N2O3. The smallest absolute Gasteiger partial charge is 0.154 e. The van der Waals surface area contributed by atoms with E-state index in [0.29, 0.717) is 0 Å². The van der Waals surface area contributed by atoms with E-state index in [1.807, 2.05) is 42.7 Å². The van der Waals surface area contributed by atoms with E-state index >= 15 is 0 Å². The lowest BCUT2D eigenvalue weighted by Gasteiger charge is -2.24. The van der Waals surface area contributed by atoms with Crippen LogP contribution < -0.4 is 10.1 Å². The third kappa shape index (κ3) is 4.31. The average molecular weight is 364 g/mol. The minimum absolute atomic E-state index is 0.236. The molecule has 1 atom stereocenters. The molecule has 0 radical (unpaired) electrons. The van der Waals surface area contributed by atoms with Crippen molar-refractivity contribution in [3.63, 3.8) is 0 Å². The molecule has 0 bridgehead atoms. The van der Waals surface area contributed by atoms with Crippen LogP contribution in [0.25, 0.3) is 11.1 Å². The number of nitrogens with one attached hydrogen (secondary N) is 1. The van der Waals surface area contributed by atoms with Gasteiger partial charge in [-0.15, -0.1) is 0 Å². The van der Waals surface area contributed by atoms with Gasteiger partial charge in [-0.1, -0.05) is 25.0 Å². The van der Waals surface area contributed by atoms with E-state index < -0.39 is 0 Å². The largest absolute Gasteiger partial charge is 0.497 e. The predicted octanol–water partition coefficient (Wildman–Crippen LogP) is 5.42. The summed E-state index contributed by atoms with van der Waals surface area (Å²) < 4.78 is 16.9. The van der Waals surface area contributed by atoms with Crippen LogP contribution in [0.1, 0.15) is 37.5 Å². The zero-order valence-electron chi connectivity index (χ0n) is 15.4. The number of methoxy groups -OCH3 is 1. The number of ether oxygens (including phenoxy) is 2. The summed E-state index contributed by atoms with van der Waals surface area (Å²) in [4.78, 5) is 4.37. The van der Waals surface area contributed by atoms with Crippen molar-refractivity contribution in [2.45, 2.75) is 38.0 Å². The van der Waals surface area contributed by atoms with Crippen molar-refractivity contribution in [3.8, 4) is 16.9 Å². The minimum atomic E-state index is -0.236. The highest BCUT2D eigenvalue weighted by molar-refractivity contribution is 5.65. The first-order chi connectivity index (χ1) is 13.3. The first kappa shape index (κ1) is 17.6. The Morgan fingerprint density at radius 1 is 1.07 bits per heavy atom. The number of rotatable bonds is 7. The molecule has 27 heavy (non-hydrogen) atoms. The van der Waals surface area contributed by atoms with Crippen LogP contribution in [0.15, 0.2) is 65.7 Å². The summed E-state index contributed by atoms with van der Waals surface area (Å²) >= 11 is 0. The molecule has 2 heterocycles. The molecule has 3 aromatic rings. The third-order valence-corrected chi connectivity index (χ3v) is 4.94. The van der Waals surface area contributed by atoms with Crippen molar-refractivity contribution in [2.75, 3.05) is 12.4 Å². The van der Waals surface area contributed by atoms with E-state index in [0.717, 1.165) is 41.0 Å². The molecule has 0 aliphatic heterocycles. The van der Waals surface area contributed by atoms with Gasteiger partial charge >= 0.3 is 0 Å². The second kappa shape index (κ2) is 8.27. The fourth-order valence-corrected chi connectivity index (χ4v) is 3.45. The van der Waals surface area contributed by atoms with E-state index in [1.165, 1.54) is 12.8 Å². The fourth-order valence-electron chi connectivity index (χ4n) is 3.45. The molecule has 0 amide bonds. The monoisotopic (exact) mass is 364 g/mol. The lowest BCUT2D eigenvalue weighted by atomic mass is 10.1. The second-order valence-corrected chi connectivity index (χ2v) is 6.81. The molecule has 1 unspecified atom stereocenters. The number of furan rings is 1. The maximum Gasteiger partial charge on any atom is 0.154 e. The van der Waals surface area contributed by atoms with Crippen molar-refractivity contribution in [2.24, 2.45) is 0 Å². The maximum absolute atomic E-state index is 6.41. The first-order valence-electron chi connectivity index (χ1n) is 9.35. The van der Waals surface area contributed by atoms with E-state index in [1.54, 1.807) is 19.6 Å². The van der Waals surface area contributed by atoms with Gasteiger partial charge in [-0.05, 0) is 37.1 Å². The second-order valence-electron chi connectivity index (χ2n) is 6.81. The molecule has 1 aromatic carbocycles. The molecule has 1 aliphatic carbocycles. The Morgan fingerprint density at radius 3 is 2.59 bits per heavy atom. The Kier molecular flexibility index (Phi) is 5.39. The number of aromatic nitrogens is 1. The number of anilines is 1. The Hall–Kier alpha value is -2.79. The van der Waals surface area contributed by atoms with E-state index in [2.05, 4.69) is 16.4 Å². The summed E-state index contributed by atoms with van der Waals surface area (Å²) in [5, 5.41) is 3.51. The van der Waals surface area contributed by atoms with Gasteiger partial charge in [-0.3, -0.25) is 4.98 Å². The van der Waals surface area contributed by atoms with Crippen molar-refractivity contribution in [3.05, 3.63) is 66.9 Å². The highest BCUT2D eigenvalue weighted by Crippen LogP contribution is 2.31. The standard InChI is InChI=1S/C22H24N2O3/c1-25-20-8-6-16(7-9-20)22(27-21-4-2-3-5-21)24-19-12-18(13-23-14-19)17-10-11-26-15-17/h6-15,21-22,24H,2-5H2,1H3. The van der Waals surface area contributed by atoms with E-state index in [4.69, 9.17) is 13.9 Å². The highest BCUT2D eigenvalue weighted by atomic mass is 16.5. The number of hydrogen-bond donors (Lipinski definition) is 1. The topological polar surface area (TPSA) is 56.5 Å². The number of pyridine rings is 1. The fraction of sp³-hybridized carbons (Fsp3) is 0.318. The Labute approximate surface area is 159 Å². The molecule has 140 valence electrons. The highest BCUT2D eigenvalue weighted by Gasteiger charge is 2.22. The van der Waals surface area contributed by atoms with Crippen LogP contribution in [0.2, 0.25) is 0 Å². The van der Waals surface area contributed by atoms with Gasteiger partial charge in [0.05, 0.1) is 37.6 Å². The number of nitrogens with zero attached hydrogens (tertiary/aromatic N) is 1. The summed E-state index contributed by atoms with van der Waals surface area (Å²) in [6, 6.07) is 12.0. The van der Waals surface area contributed by atoms with Crippen LogP contribution in [0.3, 0.4) is 0 Å². The van der Waals surface area contributed by atoms with Crippen molar-refractivity contribution in [1.82, 2.24) is 4.98 Å². The SMILES string of the molecule is COc1ccc(C(Nc2cncc(-c3ccoc3)c2)OC2CCCC2)cc1. The predicted molar refractivity (Wildman–Crippen MR) is 105 cm³/mol. The summed E-state index contributed by atoms with van der Waals surface area (Å²) in [5.41, 5.74) is 3.98. The van der Waals surface area contributed by atoms with Crippen LogP contribution in [-0.4, -0.2) is 18.2 Å². The van der Waals surface area contributed by atoms with Crippen molar-refractivity contribution in [1.29, 1.82) is 0 Å². The first-order valence-corrected chi connectivity index (χ1v) is 9.35. The van der Waals surface area contributed by atoms with Crippen molar-refractivity contribution >= 4 is 5.69 Å². The average Bonchev–Trinajstić information content (AvgIpc) is 3.42. The van der Waals surface area contributed by atoms with Gasteiger partial charge in [0.15, 0.2) is 6.23 Å².